The van der Waals surface area contributed by atoms with Gasteiger partial charge in [-0.05, 0) is 51.4 Å². The van der Waals surface area contributed by atoms with E-state index in [1.807, 2.05) is 6.08 Å². The first-order valence-electron chi connectivity index (χ1n) is 26.6. The lowest BCUT2D eigenvalue weighted by Gasteiger charge is -2.20. The van der Waals surface area contributed by atoms with Crippen LogP contribution in [-0.4, -0.2) is 47.4 Å². The summed E-state index contributed by atoms with van der Waals surface area (Å²) in [6.07, 6.45) is 58.9. The lowest BCUT2D eigenvalue weighted by molar-refractivity contribution is -0.143. The molecule has 6 nitrogen and oxygen atoms in total. The van der Waals surface area contributed by atoms with Crippen LogP contribution in [0.5, 0.6) is 0 Å². The van der Waals surface area contributed by atoms with Gasteiger partial charge in [0.25, 0.3) is 0 Å². The van der Waals surface area contributed by atoms with E-state index in [0.717, 1.165) is 44.9 Å². The minimum Gasteiger partial charge on any atom is -0.466 e. The van der Waals surface area contributed by atoms with Crippen molar-refractivity contribution in [3.63, 3.8) is 0 Å². The van der Waals surface area contributed by atoms with Crippen LogP contribution in [-0.2, 0) is 14.3 Å². The van der Waals surface area contributed by atoms with E-state index in [4.69, 9.17) is 4.74 Å². The Morgan fingerprint density at radius 3 is 1.23 bits per heavy atom. The lowest BCUT2D eigenvalue weighted by atomic mass is 10.0. The maximum Gasteiger partial charge on any atom is 0.305 e. The number of esters is 1. The van der Waals surface area contributed by atoms with Crippen LogP contribution in [0.3, 0.4) is 0 Å². The number of rotatable bonds is 49. The van der Waals surface area contributed by atoms with Crippen molar-refractivity contribution in [3.8, 4) is 0 Å². The average Bonchev–Trinajstić information content (AvgIpc) is 3.25. The van der Waals surface area contributed by atoms with Gasteiger partial charge in [-0.25, -0.2) is 0 Å². The van der Waals surface area contributed by atoms with Crippen molar-refractivity contribution in [2.24, 2.45) is 0 Å². The third kappa shape index (κ3) is 45.9. The van der Waals surface area contributed by atoms with Crippen molar-refractivity contribution in [1.29, 1.82) is 0 Å². The second kappa shape index (κ2) is 50.0. The predicted molar refractivity (Wildman–Crippen MR) is 260 cm³/mol. The molecule has 354 valence electrons. The number of aliphatic hydroxyl groups excluding tert-OH is 2. The predicted octanol–water partition coefficient (Wildman–Crippen LogP) is 15.9. The lowest BCUT2D eigenvalue weighted by Crippen LogP contribution is -2.45. The molecule has 2 atom stereocenters. The van der Waals surface area contributed by atoms with Gasteiger partial charge in [-0.15, -0.1) is 0 Å². The zero-order chi connectivity index (χ0) is 43.7. The molecular weight excluding hydrogens is 743 g/mol. The van der Waals surface area contributed by atoms with E-state index in [9.17, 15) is 19.8 Å². The van der Waals surface area contributed by atoms with Gasteiger partial charge in [0.15, 0.2) is 0 Å². The highest BCUT2D eigenvalue weighted by atomic mass is 16.5. The maximum atomic E-state index is 12.4. The number of nitrogens with one attached hydrogen (secondary N) is 1. The molecule has 6 heteroatoms. The van der Waals surface area contributed by atoms with E-state index in [2.05, 4.69) is 31.3 Å². The fraction of sp³-hybridized carbons (Fsp3) is 0.889. The first-order chi connectivity index (χ1) is 29.5. The summed E-state index contributed by atoms with van der Waals surface area (Å²) in [6.45, 7) is 4.85. The highest BCUT2D eigenvalue weighted by Gasteiger charge is 2.18. The molecule has 60 heavy (non-hydrogen) atoms. The number of hydrogen-bond donors (Lipinski definition) is 3. The van der Waals surface area contributed by atoms with Crippen molar-refractivity contribution in [1.82, 2.24) is 5.32 Å². The molecule has 0 rings (SSSR count). The first kappa shape index (κ1) is 58.3. The Labute approximate surface area is 373 Å². The summed E-state index contributed by atoms with van der Waals surface area (Å²) >= 11 is 0. The fourth-order valence-corrected chi connectivity index (χ4v) is 8.08. The van der Waals surface area contributed by atoms with Crippen molar-refractivity contribution < 1.29 is 24.5 Å². The molecule has 0 saturated carbocycles. The number of carbonyl (C=O) groups is 2. The summed E-state index contributed by atoms with van der Waals surface area (Å²) in [6, 6.07) is -0.632. The Kier molecular flexibility index (Phi) is 48.6. The van der Waals surface area contributed by atoms with E-state index in [0.29, 0.717) is 19.4 Å². The van der Waals surface area contributed by atoms with Crippen molar-refractivity contribution in [2.45, 2.75) is 296 Å². The SMILES string of the molecule is CCCC/C=C\CCCCCCCC(=O)OCCCCCCCCCCCCCCCCCCC(=O)NC(CO)C(O)/C=C/CCCCCCCCCCCCCCCC. The smallest absolute Gasteiger partial charge is 0.305 e. The molecule has 0 heterocycles. The molecule has 0 aromatic carbocycles. The van der Waals surface area contributed by atoms with Crippen molar-refractivity contribution >= 4 is 11.9 Å². The molecule has 0 saturated heterocycles. The summed E-state index contributed by atoms with van der Waals surface area (Å²) in [7, 11) is 0. The van der Waals surface area contributed by atoms with Crippen LogP contribution in [0.2, 0.25) is 0 Å². The van der Waals surface area contributed by atoms with Crippen LogP contribution in [0.4, 0.5) is 0 Å². The Morgan fingerprint density at radius 2 is 0.800 bits per heavy atom. The highest BCUT2D eigenvalue weighted by molar-refractivity contribution is 5.76. The number of hydrogen-bond acceptors (Lipinski definition) is 5. The minimum atomic E-state index is -0.848. The van der Waals surface area contributed by atoms with Gasteiger partial charge in [-0.2, -0.15) is 0 Å². The number of allylic oxidation sites excluding steroid dienone is 3. The van der Waals surface area contributed by atoms with E-state index >= 15 is 0 Å². The number of amides is 1. The van der Waals surface area contributed by atoms with Gasteiger partial charge >= 0.3 is 5.97 Å². The first-order valence-corrected chi connectivity index (χ1v) is 26.6. The van der Waals surface area contributed by atoms with Gasteiger partial charge in [0, 0.05) is 12.8 Å². The maximum absolute atomic E-state index is 12.4. The molecule has 0 aliphatic carbocycles. The van der Waals surface area contributed by atoms with Crippen LogP contribution < -0.4 is 5.32 Å². The molecule has 0 aromatic heterocycles. The molecular formula is C54H103NO5. The molecule has 0 aromatic rings. The van der Waals surface area contributed by atoms with E-state index in [-0.39, 0.29) is 18.5 Å². The zero-order valence-corrected chi connectivity index (χ0v) is 40.2. The molecule has 1 amide bonds. The average molecular weight is 846 g/mol. The Morgan fingerprint density at radius 1 is 0.450 bits per heavy atom. The normalized spacial score (nSPS) is 12.8. The zero-order valence-electron chi connectivity index (χ0n) is 40.2. The third-order valence-electron chi connectivity index (χ3n) is 12.2. The van der Waals surface area contributed by atoms with Crippen molar-refractivity contribution in [2.75, 3.05) is 13.2 Å². The van der Waals surface area contributed by atoms with Gasteiger partial charge in [-0.1, -0.05) is 244 Å². The van der Waals surface area contributed by atoms with E-state index in [1.165, 1.54) is 212 Å². The summed E-state index contributed by atoms with van der Waals surface area (Å²) < 4.78 is 5.44. The van der Waals surface area contributed by atoms with Crippen LogP contribution in [0.15, 0.2) is 24.3 Å². The molecule has 0 aliphatic rings. The summed E-state index contributed by atoms with van der Waals surface area (Å²) in [5, 5.41) is 23.1. The van der Waals surface area contributed by atoms with E-state index < -0.39 is 12.1 Å². The minimum absolute atomic E-state index is 0.00908. The number of ether oxygens (including phenoxy) is 1. The molecule has 0 radical (unpaired) electrons. The Hall–Kier alpha value is -1.66. The van der Waals surface area contributed by atoms with Crippen LogP contribution in [0.25, 0.3) is 0 Å². The Bertz CT molecular complexity index is 935. The molecule has 0 bridgehead atoms. The molecule has 3 N–H and O–H groups in total. The van der Waals surface area contributed by atoms with Crippen LogP contribution >= 0.6 is 0 Å². The summed E-state index contributed by atoms with van der Waals surface area (Å²) in [5.74, 6) is -0.0832. The standard InChI is InChI=1S/C54H103NO5/c1-3-5-7-9-11-13-15-16-17-20-23-27-30-34-38-42-46-52(57)51(50-56)55-53(58)47-43-39-35-31-28-24-21-18-19-22-25-29-33-37-41-45-49-60-54(59)48-44-40-36-32-26-14-12-10-8-6-4-2/h10,12,42,46,51-52,56-57H,3-9,11,13-41,43-45,47-50H2,1-2H3,(H,55,58)/b12-10-,46-42+. The monoisotopic (exact) mass is 846 g/mol. The third-order valence-corrected chi connectivity index (χ3v) is 12.2. The van der Waals surface area contributed by atoms with Gasteiger partial charge in [-0.3, -0.25) is 9.59 Å². The van der Waals surface area contributed by atoms with Crippen LogP contribution in [0.1, 0.15) is 284 Å². The van der Waals surface area contributed by atoms with Crippen molar-refractivity contribution in [3.05, 3.63) is 24.3 Å². The van der Waals surface area contributed by atoms with Gasteiger partial charge in [0.05, 0.1) is 25.4 Å². The second-order valence-electron chi connectivity index (χ2n) is 18.2. The van der Waals surface area contributed by atoms with Gasteiger partial charge in [0.1, 0.15) is 0 Å². The summed E-state index contributed by atoms with van der Waals surface area (Å²) in [4.78, 5) is 24.4. The number of unbranched alkanes of at least 4 members (excludes halogenated alkanes) is 36. The molecule has 0 spiro atoms. The Balaban J connectivity index is 3.47. The molecule has 2 unspecified atom stereocenters. The fourth-order valence-electron chi connectivity index (χ4n) is 8.08. The number of aliphatic hydroxyl groups is 2. The quantitative estimate of drug-likeness (QED) is 0.0322. The topological polar surface area (TPSA) is 95.9 Å². The second-order valence-corrected chi connectivity index (χ2v) is 18.2. The number of carbonyl (C=O) groups excluding carboxylic acids is 2. The molecule has 0 fully saturated rings. The van der Waals surface area contributed by atoms with Gasteiger partial charge < -0.3 is 20.3 Å². The largest absolute Gasteiger partial charge is 0.466 e. The van der Waals surface area contributed by atoms with Crippen LogP contribution in [0, 0.1) is 0 Å². The van der Waals surface area contributed by atoms with Gasteiger partial charge in [0.2, 0.25) is 5.91 Å². The highest BCUT2D eigenvalue weighted by Crippen LogP contribution is 2.16. The summed E-state index contributed by atoms with van der Waals surface area (Å²) in [5.41, 5.74) is 0. The molecule has 0 aliphatic heterocycles. The van der Waals surface area contributed by atoms with E-state index in [1.54, 1.807) is 6.08 Å².